The van der Waals surface area contributed by atoms with Crippen molar-refractivity contribution in [2.24, 2.45) is 5.92 Å². The van der Waals surface area contributed by atoms with Crippen LogP contribution in [-0.4, -0.2) is 6.04 Å². The van der Waals surface area contributed by atoms with Gasteiger partial charge in [-0.15, -0.1) is 0 Å². The molecule has 0 radical (unpaired) electrons. The van der Waals surface area contributed by atoms with E-state index in [0.29, 0.717) is 6.04 Å². The normalized spacial score (nSPS) is 24.0. The zero-order valence-corrected chi connectivity index (χ0v) is 14.2. The fourth-order valence-corrected chi connectivity index (χ4v) is 3.62. The first-order valence-corrected chi connectivity index (χ1v) is 9.07. The van der Waals surface area contributed by atoms with Crippen molar-refractivity contribution in [3.63, 3.8) is 0 Å². The second-order valence-electron chi connectivity index (χ2n) is 6.87. The molecule has 0 heterocycles. The molecular weight excluding hydrogens is 254 g/mol. The minimum absolute atomic E-state index is 0.478. The van der Waals surface area contributed by atoms with E-state index >= 15 is 0 Å². The highest BCUT2D eigenvalue weighted by Crippen LogP contribution is 2.28. The molecule has 0 saturated heterocycles. The third-order valence-electron chi connectivity index (χ3n) is 5.14. The lowest BCUT2D eigenvalue weighted by molar-refractivity contribution is 0.266. The molecular formula is C20H33N. The van der Waals surface area contributed by atoms with Crippen LogP contribution in [0.25, 0.3) is 0 Å². The van der Waals surface area contributed by atoms with E-state index in [1.165, 1.54) is 62.5 Å². The molecule has 1 heteroatoms. The average Bonchev–Trinajstić information content (AvgIpc) is 2.53. The molecule has 3 unspecified atom stereocenters. The van der Waals surface area contributed by atoms with Crippen LogP contribution in [0.4, 0.5) is 0 Å². The Bertz CT molecular complexity index is 395. The van der Waals surface area contributed by atoms with Gasteiger partial charge in [0, 0.05) is 12.1 Å². The summed E-state index contributed by atoms with van der Waals surface area (Å²) in [7, 11) is 0. The van der Waals surface area contributed by atoms with E-state index in [-0.39, 0.29) is 0 Å². The van der Waals surface area contributed by atoms with Crippen molar-refractivity contribution in [2.75, 3.05) is 0 Å². The van der Waals surface area contributed by atoms with E-state index in [9.17, 15) is 0 Å². The fourth-order valence-electron chi connectivity index (χ4n) is 3.62. The van der Waals surface area contributed by atoms with Gasteiger partial charge in [-0.25, -0.2) is 0 Å². The molecule has 1 N–H and O–H groups in total. The van der Waals surface area contributed by atoms with Crippen LogP contribution in [0.3, 0.4) is 0 Å². The predicted molar refractivity (Wildman–Crippen MR) is 92.6 cm³/mol. The van der Waals surface area contributed by atoms with Gasteiger partial charge in [0.15, 0.2) is 0 Å². The number of unbranched alkanes of at least 4 members (excludes halogenated alkanes) is 1. The maximum Gasteiger partial charge on any atom is 0.0294 e. The van der Waals surface area contributed by atoms with Gasteiger partial charge < -0.3 is 5.32 Å². The highest BCUT2D eigenvalue weighted by molar-refractivity contribution is 5.25. The van der Waals surface area contributed by atoms with Crippen LogP contribution in [0.1, 0.15) is 82.9 Å². The molecule has 0 aliphatic heterocycles. The van der Waals surface area contributed by atoms with Crippen molar-refractivity contribution in [2.45, 2.75) is 84.2 Å². The van der Waals surface area contributed by atoms with Crippen LogP contribution in [0.15, 0.2) is 24.3 Å². The minimum Gasteiger partial charge on any atom is -0.307 e. The molecule has 1 fully saturated rings. The van der Waals surface area contributed by atoms with Crippen LogP contribution in [0.2, 0.25) is 0 Å². The lowest BCUT2D eigenvalue weighted by atomic mass is 9.84. The smallest absolute Gasteiger partial charge is 0.0294 e. The summed E-state index contributed by atoms with van der Waals surface area (Å²) in [6.07, 6.45) is 10.7. The number of hydrogen-bond acceptors (Lipinski definition) is 1. The number of nitrogens with one attached hydrogen (secondary N) is 1. The van der Waals surface area contributed by atoms with Crippen LogP contribution >= 0.6 is 0 Å². The van der Waals surface area contributed by atoms with Crippen LogP contribution in [-0.2, 0) is 6.42 Å². The molecule has 0 aromatic heterocycles. The van der Waals surface area contributed by atoms with Gasteiger partial charge in [0.1, 0.15) is 0 Å². The Morgan fingerprint density at radius 2 is 1.90 bits per heavy atom. The average molecular weight is 287 g/mol. The van der Waals surface area contributed by atoms with Crippen LogP contribution in [0, 0.1) is 5.92 Å². The second-order valence-corrected chi connectivity index (χ2v) is 6.87. The molecule has 3 atom stereocenters. The standard InChI is InChI=1S/C20H33N/c1-4-6-8-18-11-13-19(14-12-18)16(3)21-20-10-7-9-17(5-2)15-20/h11-14,16-17,20-21H,4-10,15H2,1-3H3. The van der Waals surface area contributed by atoms with E-state index in [1.54, 1.807) is 0 Å². The fraction of sp³-hybridized carbons (Fsp3) is 0.700. The lowest BCUT2D eigenvalue weighted by Crippen LogP contribution is -2.35. The molecule has 1 aromatic carbocycles. The third-order valence-corrected chi connectivity index (χ3v) is 5.14. The van der Waals surface area contributed by atoms with Gasteiger partial charge >= 0.3 is 0 Å². The Balaban J connectivity index is 1.86. The first kappa shape index (κ1) is 16.5. The van der Waals surface area contributed by atoms with Gasteiger partial charge in [0.25, 0.3) is 0 Å². The first-order valence-electron chi connectivity index (χ1n) is 9.07. The summed E-state index contributed by atoms with van der Waals surface area (Å²) in [5.74, 6) is 0.944. The van der Waals surface area contributed by atoms with Crippen molar-refractivity contribution in [3.05, 3.63) is 35.4 Å². The second kappa shape index (κ2) is 8.58. The monoisotopic (exact) mass is 287 g/mol. The summed E-state index contributed by atoms with van der Waals surface area (Å²) < 4.78 is 0. The molecule has 0 bridgehead atoms. The first-order chi connectivity index (χ1) is 10.2. The van der Waals surface area contributed by atoms with Crippen LogP contribution in [0.5, 0.6) is 0 Å². The van der Waals surface area contributed by atoms with E-state index in [4.69, 9.17) is 0 Å². The largest absolute Gasteiger partial charge is 0.307 e. The lowest BCUT2D eigenvalue weighted by Gasteiger charge is -2.31. The number of aryl methyl sites for hydroxylation is 1. The maximum absolute atomic E-state index is 3.86. The van der Waals surface area contributed by atoms with E-state index in [1.807, 2.05) is 0 Å². The topological polar surface area (TPSA) is 12.0 Å². The van der Waals surface area contributed by atoms with Crippen molar-refractivity contribution in [3.8, 4) is 0 Å². The SMILES string of the molecule is CCCCc1ccc(C(C)NC2CCCC(CC)C2)cc1. The zero-order chi connectivity index (χ0) is 15.1. The Morgan fingerprint density at radius 1 is 1.14 bits per heavy atom. The number of benzene rings is 1. The summed E-state index contributed by atoms with van der Waals surface area (Å²) in [5, 5.41) is 3.86. The van der Waals surface area contributed by atoms with Crippen molar-refractivity contribution in [1.82, 2.24) is 5.32 Å². The molecule has 1 nitrogen and oxygen atoms in total. The van der Waals surface area contributed by atoms with Crippen molar-refractivity contribution >= 4 is 0 Å². The third kappa shape index (κ3) is 5.14. The van der Waals surface area contributed by atoms with Gasteiger partial charge in [0.2, 0.25) is 0 Å². The minimum atomic E-state index is 0.478. The van der Waals surface area contributed by atoms with Crippen LogP contribution < -0.4 is 5.32 Å². The quantitative estimate of drug-likeness (QED) is 0.683. The van der Waals surface area contributed by atoms with Gasteiger partial charge in [-0.2, -0.15) is 0 Å². The molecule has 0 spiro atoms. The number of rotatable bonds is 7. The Labute approximate surface area is 131 Å². The molecule has 118 valence electrons. The van der Waals surface area contributed by atoms with E-state index in [0.717, 1.165) is 12.0 Å². The van der Waals surface area contributed by atoms with Crippen molar-refractivity contribution < 1.29 is 0 Å². The summed E-state index contributed by atoms with van der Waals surface area (Å²) in [4.78, 5) is 0. The molecule has 1 aliphatic rings. The Kier molecular flexibility index (Phi) is 6.76. The highest BCUT2D eigenvalue weighted by atomic mass is 14.9. The molecule has 1 saturated carbocycles. The summed E-state index contributed by atoms with van der Waals surface area (Å²) >= 11 is 0. The van der Waals surface area contributed by atoms with Gasteiger partial charge in [-0.3, -0.25) is 0 Å². The van der Waals surface area contributed by atoms with E-state index in [2.05, 4.69) is 50.4 Å². The number of hydrogen-bond donors (Lipinski definition) is 1. The molecule has 1 aromatic rings. The van der Waals surface area contributed by atoms with Crippen molar-refractivity contribution in [1.29, 1.82) is 0 Å². The van der Waals surface area contributed by atoms with Gasteiger partial charge in [-0.1, -0.05) is 63.8 Å². The Morgan fingerprint density at radius 3 is 2.57 bits per heavy atom. The Hall–Kier alpha value is -0.820. The zero-order valence-electron chi connectivity index (χ0n) is 14.2. The highest BCUT2D eigenvalue weighted by Gasteiger charge is 2.22. The summed E-state index contributed by atoms with van der Waals surface area (Å²) in [5.41, 5.74) is 2.92. The van der Waals surface area contributed by atoms with Gasteiger partial charge in [-0.05, 0) is 49.7 Å². The van der Waals surface area contributed by atoms with E-state index < -0.39 is 0 Å². The summed E-state index contributed by atoms with van der Waals surface area (Å²) in [6, 6.07) is 10.5. The molecule has 1 aliphatic carbocycles. The van der Waals surface area contributed by atoms with Gasteiger partial charge in [0.05, 0.1) is 0 Å². The molecule has 0 amide bonds. The maximum atomic E-state index is 3.86. The molecule has 2 rings (SSSR count). The predicted octanol–water partition coefficient (Wildman–Crippen LogP) is 5.65. The summed E-state index contributed by atoms with van der Waals surface area (Å²) in [6.45, 7) is 6.91. The molecule has 21 heavy (non-hydrogen) atoms.